The Balaban J connectivity index is 1.68. The maximum absolute atomic E-state index is 14.4. The van der Waals surface area contributed by atoms with Crippen LogP contribution in [0.5, 0.6) is 0 Å². The molecule has 1 aromatic heterocycles. The van der Waals surface area contributed by atoms with Gasteiger partial charge < -0.3 is 9.64 Å². The number of benzene rings is 1. The zero-order chi connectivity index (χ0) is 21.1. The molecule has 6 nitrogen and oxygen atoms in total. The molecule has 29 heavy (non-hydrogen) atoms. The summed E-state index contributed by atoms with van der Waals surface area (Å²) < 4.78 is 21.0. The smallest absolute Gasteiger partial charge is 0.410 e. The number of fused-ring (bicyclic) bond motifs is 3. The van der Waals surface area contributed by atoms with E-state index in [4.69, 9.17) is 16.3 Å². The Hall–Kier alpha value is -0.940. The van der Waals surface area contributed by atoms with Gasteiger partial charge in [0.2, 0.25) is 5.28 Å². The first kappa shape index (κ1) is 21.3. The molecule has 3 heterocycles. The Morgan fingerprint density at radius 3 is 2.52 bits per heavy atom. The predicted octanol–water partition coefficient (Wildman–Crippen LogP) is 5.38. The second-order valence-corrected chi connectivity index (χ2v) is 10.6. The molecule has 2 bridgehead atoms. The summed E-state index contributed by atoms with van der Waals surface area (Å²) >= 11 is 11.5. The summed E-state index contributed by atoms with van der Waals surface area (Å²) in [5.74, 6) is 0.231. The van der Waals surface area contributed by atoms with Crippen molar-refractivity contribution >= 4 is 72.9 Å². The first-order valence-electron chi connectivity index (χ1n) is 9.32. The van der Waals surface area contributed by atoms with Crippen LogP contribution in [0, 0.1) is 9.39 Å². The molecule has 0 N–H and O–H groups in total. The summed E-state index contributed by atoms with van der Waals surface area (Å²) in [5.41, 5.74) is 0.0711. The van der Waals surface area contributed by atoms with Crippen molar-refractivity contribution < 1.29 is 13.9 Å². The summed E-state index contributed by atoms with van der Waals surface area (Å²) in [6.07, 6.45) is 1.52. The SMILES string of the molecule is CC(C)(C)OC(=O)N1C2CCC1CN(c1nc(Cl)nc3c(I)c(Br)c(F)cc13)C2. The van der Waals surface area contributed by atoms with Crippen LogP contribution < -0.4 is 4.90 Å². The third kappa shape index (κ3) is 4.01. The fourth-order valence-electron chi connectivity index (χ4n) is 4.06. The molecule has 2 saturated heterocycles. The van der Waals surface area contributed by atoms with Crippen molar-refractivity contribution in [1.82, 2.24) is 14.9 Å². The second kappa shape index (κ2) is 7.64. The standard InChI is InChI=1S/C19H20BrClFIN4O2/c1-19(2,3)29-18(28)27-9-4-5-10(27)8-26(7-9)16-11-6-12(22)13(20)14(23)15(11)24-17(21)25-16/h6,9-10H,4-5,7-8H2,1-3H3. The van der Waals surface area contributed by atoms with E-state index in [0.717, 1.165) is 12.8 Å². The Kier molecular flexibility index (Phi) is 5.61. The molecule has 156 valence electrons. The van der Waals surface area contributed by atoms with Gasteiger partial charge in [-0.25, -0.2) is 14.2 Å². The minimum Gasteiger partial charge on any atom is -0.444 e. The number of ether oxygens (including phenoxy) is 1. The van der Waals surface area contributed by atoms with Crippen molar-refractivity contribution in [3.05, 3.63) is 25.2 Å². The van der Waals surface area contributed by atoms with Crippen LogP contribution in [-0.4, -0.2) is 51.7 Å². The fraction of sp³-hybridized carbons (Fsp3) is 0.526. The Labute approximate surface area is 195 Å². The molecule has 2 aliphatic heterocycles. The minimum atomic E-state index is -0.536. The minimum absolute atomic E-state index is 0.0201. The fourth-order valence-corrected chi connectivity index (χ4v) is 5.20. The van der Waals surface area contributed by atoms with E-state index in [-0.39, 0.29) is 29.3 Å². The van der Waals surface area contributed by atoms with Crippen LogP contribution >= 0.6 is 50.1 Å². The second-order valence-electron chi connectivity index (χ2n) is 8.38. The molecule has 10 heteroatoms. The lowest BCUT2D eigenvalue weighted by Crippen LogP contribution is -2.57. The number of halogens is 4. The van der Waals surface area contributed by atoms with Gasteiger partial charge in [0.15, 0.2) is 0 Å². The number of rotatable bonds is 1. The van der Waals surface area contributed by atoms with Gasteiger partial charge in [-0.15, -0.1) is 0 Å². The molecular formula is C19H20BrClFIN4O2. The average molecular weight is 598 g/mol. The number of piperazine rings is 1. The van der Waals surface area contributed by atoms with Gasteiger partial charge >= 0.3 is 6.09 Å². The van der Waals surface area contributed by atoms with Gasteiger partial charge in [0, 0.05) is 18.5 Å². The average Bonchev–Trinajstić information content (AvgIpc) is 2.89. The number of nitrogens with zero attached hydrogens (tertiary/aromatic N) is 4. The quantitative estimate of drug-likeness (QED) is 0.251. The molecule has 1 aromatic carbocycles. The van der Waals surface area contributed by atoms with Crippen LogP contribution in [0.1, 0.15) is 33.6 Å². The van der Waals surface area contributed by atoms with Crippen LogP contribution in [0.2, 0.25) is 5.28 Å². The molecule has 0 aliphatic carbocycles. The maximum atomic E-state index is 14.4. The normalized spacial score (nSPS) is 21.8. The lowest BCUT2D eigenvalue weighted by atomic mass is 10.1. The molecule has 2 atom stereocenters. The first-order chi connectivity index (χ1) is 13.5. The number of carbonyl (C=O) groups excluding carboxylic acids is 1. The van der Waals surface area contributed by atoms with Gasteiger partial charge in [-0.1, -0.05) is 0 Å². The van der Waals surface area contributed by atoms with Crippen LogP contribution in [0.4, 0.5) is 15.0 Å². The van der Waals surface area contributed by atoms with Crippen molar-refractivity contribution in [3.8, 4) is 0 Å². The van der Waals surface area contributed by atoms with E-state index in [2.05, 4.69) is 53.4 Å². The van der Waals surface area contributed by atoms with E-state index in [1.165, 1.54) is 6.07 Å². The van der Waals surface area contributed by atoms with Gasteiger partial charge in [-0.05, 0) is 89.8 Å². The number of hydrogen-bond donors (Lipinski definition) is 0. The molecule has 1 amide bonds. The van der Waals surface area contributed by atoms with Crippen molar-refractivity contribution in [3.63, 3.8) is 0 Å². The highest BCUT2D eigenvalue weighted by Crippen LogP contribution is 2.38. The largest absolute Gasteiger partial charge is 0.444 e. The van der Waals surface area contributed by atoms with E-state index in [0.29, 0.717) is 37.9 Å². The summed E-state index contributed by atoms with van der Waals surface area (Å²) in [7, 11) is 0. The van der Waals surface area contributed by atoms with Gasteiger partial charge in [0.05, 0.1) is 25.6 Å². The van der Waals surface area contributed by atoms with Crippen molar-refractivity contribution in [2.75, 3.05) is 18.0 Å². The topological polar surface area (TPSA) is 58.6 Å². The zero-order valence-corrected chi connectivity index (χ0v) is 20.7. The Morgan fingerprint density at radius 2 is 1.93 bits per heavy atom. The predicted molar refractivity (Wildman–Crippen MR) is 122 cm³/mol. The highest BCUT2D eigenvalue weighted by molar-refractivity contribution is 14.1. The number of carbonyl (C=O) groups is 1. The highest BCUT2D eigenvalue weighted by Gasteiger charge is 2.45. The molecule has 2 fully saturated rings. The van der Waals surface area contributed by atoms with E-state index in [1.54, 1.807) is 0 Å². The molecule has 0 spiro atoms. The summed E-state index contributed by atoms with van der Waals surface area (Å²) in [4.78, 5) is 25.4. The van der Waals surface area contributed by atoms with Crippen LogP contribution in [0.15, 0.2) is 10.5 Å². The van der Waals surface area contributed by atoms with Gasteiger partial charge in [0.1, 0.15) is 17.2 Å². The Morgan fingerprint density at radius 1 is 1.31 bits per heavy atom. The van der Waals surface area contributed by atoms with Crippen LogP contribution in [-0.2, 0) is 4.74 Å². The molecule has 0 saturated carbocycles. The third-order valence-electron chi connectivity index (χ3n) is 5.17. The monoisotopic (exact) mass is 596 g/mol. The third-order valence-corrected chi connectivity index (χ3v) is 7.90. The highest BCUT2D eigenvalue weighted by atomic mass is 127. The molecule has 2 unspecified atom stereocenters. The summed E-state index contributed by atoms with van der Waals surface area (Å²) in [6.45, 7) is 6.78. The summed E-state index contributed by atoms with van der Waals surface area (Å²) in [5, 5.41) is 0.732. The molecule has 2 aromatic rings. The molecule has 2 aliphatic rings. The van der Waals surface area contributed by atoms with Crippen molar-refractivity contribution in [2.45, 2.75) is 51.3 Å². The number of anilines is 1. The van der Waals surface area contributed by atoms with Crippen LogP contribution in [0.25, 0.3) is 10.9 Å². The number of amides is 1. The zero-order valence-electron chi connectivity index (χ0n) is 16.2. The van der Waals surface area contributed by atoms with E-state index in [9.17, 15) is 9.18 Å². The van der Waals surface area contributed by atoms with E-state index in [1.807, 2.05) is 25.7 Å². The van der Waals surface area contributed by atoms with Gasteiger partial charge in [-0.3, -0.25) is 4.90 Å². The van der Waals surface area contributed by atoms with Gasteiger partial charge in [-0.2, -0.15) is 4.98 Å². The maximum Gasteiger partial charge on any atom is 0.410 e. The molecular weight excluding hydrogens is 577 g/mol. The molecule has 4 rings (SSSR count). The number of hydrogen-bond acceptors (Lipinski definition) is 5. The number of aromatic nitrogens is 2. The van der Waals surface area contributed by atoms with E-state index >= 15 is 0 Å². The van der Waals surface area contributed by atoms with Crippen molar-refractivity contribution in [2.24, 2.45) is 0 Å². The van der Waals surface area contributed by atoms with E-state index < -0.39 is 5.60 Å². The first-order valence-corrected chi connectivity index (χ1v) is 11.6. The Bertz CT molecular complexity index is 989. The molecule has 0 radical (unpaired) electrons. The summed E-state index contributed by atoms with van der Waals surface area (Å²) in [6, 6.07) is 1.48. The lowest BCUT2D eigenvalue weighted by Gasteiger charge is -2.42. The van der Waals surface area contributed by atoms with Crippen LogP contribution in [0.3, 0.4) is 0 Å². The lowest BCUT2D eigenvalue weighted by molar-refractivity contribution is 0.0123. The van der Waals surface area contributed by atoms with Gasteiger partial charge in [0.25, 0.3) is 0 Å². The van der Waals surface area contributed by atoms with Crippen molar-refractivity contribution in [1.29, 1.82) is 0 Å².